The van der Waals surface area contributed by atoms with Crippen molar-refractivity contribution in [3.8, 4) is 34.2 Å². The van der Waals surface area contributed by atoms with E-state index in [1.807, 2.05) is 20.8 Å². The Kier molecular flexibility index (Phi) is 10.2. The molecule has 4 N–H and O–H groups in total. The van der Waals surface area contributed by atoms with Crippen molar-refractivity contribution in [2.75, 3.05) is 10.6 Å². The van der Waals surface area contributed by atoms with Gasteiger partial charge in [0.2, 0.25) is 5.91 Å². The molecule has 2 amide bonds. The third kappa shape index (κ3) is 7.69. The van der Waals surface area contributed by atoms with Crippen molar-refractivity contribution in [2.45, 2.75) is 39.3 Å². The summed E-state index contributed by atoms with van der Waals surface area (Å²) < 4.78 is 18.9. The van der Waals surface area contributed by atoms with Gasteiger partial charge in [0.25, 0.3) is 5.91 Å². The smallest absolute Gasteiger partial charge is 0.292 e. The number of carbonyl (C=O) groups excluding carboxylic acids is 2. The highest BCUT2D eigenvalue weighted by molar-refractivity contribution is 6.03. The van der Waals surface area contributed by atoms with Crippen LogP contribution >= 0.6 is 12.4 Å². The number of nitrogens with zero attached hydrogens (tertiary/aromatic N) is 2. The predicted molar refractivity (Wildman–Crippen MR) is 156 cm³/mol. The highest BCUT2D eigenvalue weighted by atomic mass is 35.5. The van der Waals surface area contributed by atoms with Gasteiger partial charge in [0.05, 0.1) is 12.0 Å². The number of nitrogens with one attached hydrogen (secondary N) is 3. The minimum atomic E-state index is -0.636. The maximum Gasteiger partial charge on any atom is 0.292 e. The van der Waals surface area contributed by atoms with E-state index < -0.39 is 11.7 Å². The molecular weight excluding hydrogens is 549 g/mol. The van der Waals surface area contributed by atoms with Gasteiger partial charge in [-0.2, -0.15) is 5.26 Å². The van der Waals surface area contributed by atoms with Gasteiger partial charge in [-0.25, -0.2) is 9.37 Å². The fraction of sp³-hybridized carbons (Fsp3) is 0.200. The van der Waals surface area contributed by atoms with Gasteiger partial charge < -0.3 is 25.5 Å². The summed E-state index contributed by atoms with van der Waals surface area (Å²) in [7, 11) is 0. The minimum absolute atomic E-state index is 0. The zero-order valence-corrected chi connectivity index (χ0v) is 23.4. The molecule has 1 atom stereocenters. The SMILES string of the molecule is CC(C)NC(C)CC(=O)Nc1cccc(-c2cc(-c3ccc(F)cc3O)nc(NC(=O)c3ccco3)c2C#N)c1.Cl. The largest absolute Gasteiger partial charge is 0.507 e. The van der Waals surface area contributed by atoms with Gasteiger partial charge in [-0.1, -0.05) is 26.0 Å². The monoisotopic (exact) mass is 577 g/mol. The van der Waals surface area contributed by atoms with Crippen molar-refractivity contribution < 1.29 is 23.5 Å². The van der Waals surface area contributed by atoms with Crippen LogP contribution in [-0.4, -0.2) is 34.0 Å². The van der Waals surface area contributed by atoms with Crippen LogP contribution in [0.5, 0.6) is 5.75 Å². The molecule has 212 valence electrons. The molecule has 0 bridgehead atoms. The molecule has 2 heterocycles. The van der Waals surface area contributed by atoms with Crippen LogP contribution in [0.3, 0.4) is 0 Å². The number of phenolic OH excluding ortho intramolecular Hbond substituents is 1. The van der Waals surface area contributed by atoms with Crippen LogP contribution in [0.1, 0.15) is 43.3 Å². The third-order valence-corrected chi connectivity index (χ3v) is 5.91. The van der Waals surface area contributed by atoms with Gasteiger partial charge in [0.15, 0.2) is 11.6 Å². The highest BCUT2D eigenvalue weighted by Crippen LogP contribution is 2.36. The maximum atomic E-state index is 13.7. The van der Waals surface area contributed by atoms with E-state index >= 15 is 0 Å². The number of halogens is 2. The lowest BCUT2D eigenvalue weighted by molar-refractivity contribution is -0.116. The van der Waals surface area contributed by atoms with E-state index in [2.05, 4.69) is 27.0 Å². The van der Waals surface area contributed by atoms with Crippen LogP contribution in [0.2, 0.25) is 0 Å². The summed E-state index contributed by atoms with van der Waals surface area (Å²) in [4.78, 5) is 29.8. The van der Waals surface area contributed by atoms with Crippen LogP contribution in [0.15, 0.2) is 71.3 Å². The van der Waals surface area contributed by atoms with Gasteiger partial charge >= 0.3 is 0 Å². The first-order chi connectivity index (χ1) is 19.1. The van der Waals surface area contributed by atoms with E-state index in [-0.39, 0.29) is 71.0 Å². The maximum absolute atomic E-state index is 13.7. The summed E-state index contributed by atoms with van der Waals surface area (Å²) in [6.07, 6.45) is 1.60. The molecule has 0 saturated heterocycles. The van der Waals surface area contributed by atoms with Crippen LogP contribution in [0.4, 0.5) is 15.9 Å². The standard InChI is InChI=1S/C30H28FN5O4.ClH/c1-17(2)33-18(3)12-28(38)34-21-7-4-6-19(13-21)23-15-25(22-10-9-20(31)14-26(22)37)35-29(24(23)16-32)36-30(39)27-8-5-11-40-27;/h4-11,13-15,17-18,33,37H,12H2,1-3H3,(H,34,38)(H,35,36,39);1H. The summed E-state index contributed by atoms with van der Waals surface area (Å²) >= 11 is 0. The number of aromatic nitrogens is 1. The molecule has 1 unspecified atom stereocenters. The van der Waals surface area contributed by atoms with E-state index in [0.717, 1.165) is 6.07 Å². The van der Waals surface area contributed by atoms with Crippen LogP contribution in [0, 0.1) is 17.1 Å². The molecule has 2 aromatic carbocycles. The molecular formula is C30H29ClFN5O4. The first kappa shape index (κ1) is 30.8. The molecule has 4 aromatic rings. The van der Waals surface area contributed by atoms with Crippen molar-refractivity contribution in [3.63, 3.8) is 0 Å². The van der Waals surface area contributed by atoms with Crippen LogP contribution < -0.4 is 16.0 Å². The van der Waals surface area contributed by atoms with Gasteiger partial charge in [0, 0.05) is 41.4 Å². The minimum Gasteiger partial charge on any atom is -0.507 e. The molecule has 2 aromatic heterocycles. The van der Waals surface area contributed by atoms with Gasteiger partial charge in [0.1, 0.15) is 23.2 Å². The second-order valence-electron chi connectivity index (χ2n) is 9.54. The molecule has 0 fully saturated rings. The number of hydrogen-bond donors (Lipinski definition) is 4. The van der Waals surface area contributed by atoms with Crippen molar-refractivity contribution in [3.05, 3.63) is 84.1 Å². The number of anilines is 2. The summed E-state index contributed by atoms with van der Waals surface area (Å²) in [5.41, 5.74) is 1.84. The van der Waals surface area contributed by atoms with Crippen molar-refractivity contribution >= 4 is 35.7 Å². The van der Waals surface area contributed by atoms with Gasteiger partial charge in [-0.3, -0.25) is 9.59 Å². The molecule has 0 aliphatic carbocycles. The van der Waals surface area contributed by atoms with Gasteiger partial charge in [-0.05, 0) is 55.0 Å². The Morgan fingerprint density at radius 1 is 1.05 bits per heavy atom. The molecule has 0 saturated carbocycles. The molecule has 0 spiro atoms. The Morgan fingerprint density at radius 2 is 1.83 bits per heavy atom. The Hall–Kier alpha value is -4.72. The zero-order chi connectivity index (χ0) is 28.8. The molecule has 9 nitrogen and oxygen atoms in total. The number of amides is 2. The number of rotatable bonds is 9. The lowest BCUT2D eigenvalue weighted by atomic mass is 9.97. The van der Waals surface area contributed by atoms with Crippen LogP contribution in [-0.2, 0) is 4.79 Å². The van der Waals surface area contributed by atoms with Crippen molar-refractivity contribution in [2.24, 2.45) is 0 Å². The van der Waals surface area contributed by atoms with E-state index in [4.69, 9.17) is 4.42 Å². The first-order valence-electron chi connectivity index (χ1n) is 12.6. The van der Waals surface area contributed by atoms with Crippen molar-refractivity contribution in [1.29, 1.82) is 5.26 Å². The zero-order valence-electron chi connectivity index (χ0n) is 22.6. The third-order valence-electron chi connectivity index (χ3n) is 5.91. The summed E-state index contributed by atoms with van der Waals surface area (Å²) in [6, 6.07) is 17.2. The number of carbonyl (C=O) groups is 2. The fourth-order valence-corrected chi connectivity index (χ4v) is 4.30. The van der Waals surface area contributed by atoms with Gasteiger partial charge in [-0.15, -0.1) is 12.4 Å². The second kappa shape index (κ2) is 13.6. The Morgan fingerprint density at radius 3 is 2.49 bits per heavy atom. The molecule has 0 radical (unpaired) electrons. The van der Waals surface area contributed by atoms with Crippen molar-refractivity contribution in [1.82, 2.24) is 10.3 Å². The predicted octanol–water partition coefficient (Wildman–Crippen LogP) is 6.11. The molecule has 0 aliphatic rings. The number of nitriles is 1. The Labute approximate surface area is 242 Å². The fourth-order valence-electron chi connectivity index (χ4n) is 4.30. The van der Waals surface area contributed by atoms with E-state index in [1.165, 1.54) is 24.5 Å². The molecule has 41 heavy (non-hydrogen) atoms. The van der Waals surface area contributed by atoms with E-state index in [1.54, 1.807) is 36.4 Å². The number of pyridine rings is 1. The van der Waals surface area contributed by atoms with Crippen LogP contribution in [0.25, 0.3) is 22.4 Å². The summed E-state index contributed by atoms with van der Waals surface area (Å²) in [5, 5.41) is 29.3. The number of hydrogen-bond acceptors (Lipinski definition) is 7. The number of phenols is 1. The quantitative estimate of drug-likeness (QED) is 0.188. The normalized spacial score (nSPS) is 11.3. The van der Waals surface area contributed by atoms with E-state index in [0.29, 0.717) is 16.8 Å². The molecule has 4 rings (SSSR count). The summed E-state index contributed by atoms with van der Waals surface area (Å²) in [6.45, 7) is 5.94. The first-order valence-corrected chi connectivity index (χ1v) is 12.6. The highest BCUT2D eigenvalue weighted by Gasteiger charge is 2.21. The lowest BCUT2D eigenvalue weighted by Crippen LogP contribution is -2.35. The molecule has 11 heteroatoms. The number of aromatic hydroxyl groups is 1. The Bertz CT molecular complexity index is 1580. The average molecular weight is 578 g/mol. The lowest BCUT2D eigenvalue weighted by Gasteiger charge is -2.17. The number of benzene rings is 2. The average Bonchev–Trinajstić information content (AvgIpc) is 3.43. The van der Waals surface area contributed by atoms with E-state index in [9.17, 15) is 24.3 Å². The molecule has 0 aliphatic heterocycles. The number of furan rings is 1. The summed E-state index contributed by atoms with van der Waals surface area (Å²) in [5.74, 6) is -1.89. The topological polar surface area (TPSA) is 140 Å². The Balaban J connectivity index is 0.00000462. The second-order valence-corrected chi connectivity index (χ2v) is 9.54.